The van der Waals surface area contributed by atoms with Crippen molar-refractivity contribution in [2.75, 3.05) is 13.2 Å². The Morgan fingerprint density at radius 2 is 2.16 bits per heavy atom. The molecule has 5 nitrogen and oxygen atoms in total. The number of para-hydroxylation sites is 1. The lowest BCUT2D eigenvalue weighted by molar-refractivity contribution is -0.120. The summed E-state index contributed by atoms with van der Waals surface area (Å²) in [6.07, 6.45) is 0.895. The maximum Gasteiger partial charge on any atom is 0.333 e. The van der Waals surface area contributed by atoms with Crippen LogP contribution in [0.4, 0.5) is 8.78 Å². The van der Waals surface area contributed by atoms with Crippen LogP contribution in [0.3, 0.4) is 0 Å². The zero-order valence-electron chi connectivity index (χ0n) is 14.3. The molecule has 1 amide bonds. The van der Waals surface area contributed by atoms with Gasteiger partial charge >= 0.3 is 6.55 Å². The summed E-state index contributed by atoms with van der Waals surface area (Å²) in [6, 6.07) is 7.87. The number of nitrogens with one attached hydrogen (secondary N) is 1. The molecule has 2 heterocycles. The summed E-state index contributed by atoms with van der Waals surface area (Å²) in [5.41, 5.74) is 2.49. The van der Waals surface area contributed by atoms with E-state index in [4.69, 9.17) is 4.74 Å². The van der Waals surface area contributed by atoms with Gasteiger partial charge in [0.1, 0.15) is 5.75 Å². The van der Waals surface area contributed by atoms with Crippen LogP contribution in [0.2, 0.25) is 0 Å². The van der Waals surface area contributed by atoms with Crippen LogP contribution in [-0.4, -0.2) is 28.8 Å². The number of carbonyl (C=O) groups excluding carboxylic acids is 1. The number of alkyl halides is 2. The number of halogens is 2. The molecule has 0 spiro atoms. The summed E-state index contributed by atoms with van der Waals surface area (Å²) in [5.74, 6) is 0.902. The second-order valence-electron chi connectivity index (χ2n) is 6.34. The minimum atomic E-state index is -2.70. The molecule has 0 saturated carbocycles. The van der Waals surface area contributed by atoms with Gasteiger partial charge in [-0.15, -0.1) is 0 Å². The molecule has 134 valence electrons. The van der Waals surface area contributed by atoms with Gasteiger partial charge in [-0.3, -0.25) is 4.79 Å². The minimum absolute atomic E-state index is 0.0501. The number of aromatic nitrogens is 2. The highest BCUT2D eigenvalue weighted by atomic mass is 19.3. The predicted molar refractivity (Wildman–Crippen MR) is 88.8 cm³/mol. The van der Waals surface area contributed by atoms with E-state index in [-0.39, 0.29) is 18.2 Å². The number of rotatable bonds is 5. The fourth-order valence-electron chi connectivity index (χ4n) is 3.15. The van der Waals surface area contributed by atoms with Crippen molar-refractivity contribution in [1.29, 1.82) is 0 Å². The third-order valence-electron chi connectivity index (χ3n) is 4.54. The Morgan fingerprint density at radius 3 is 2.88 bits per heavy atom. The molecular weight excluding hydrogens is 328 g/mol. The molecule has 1 aromatic carbocycles. The van der Waals surface area contributed by atoms with Gasteiger partial charge in [0.25, 0.3) is 0 Å². The van der Waals surface area contributed by atoms with Gasteiger partial charge in [0.2, 0.25) is 5.91 Å². The standard InChI is InChI=1S/C18H21F2N3O2/c1-11-15(12(2)23(22-11)18(19)20)8-17(24)21-9-13-7-14-5-3-4-6-16(14)25-10-13/h3-6,13,18H,7-10H2,1-2H3,(H,21,24). The first-order chi connectivity index (χ1) is 12.0. The zero-order chi connectivity index (χ0) is 18.0. The summed E-state index contributed by atoms with van der Waals surface area (Å²) in [5, 5.41) is 6.69. The van der Waals surface area contributed by atoms with Crippen molar-refractivity contribution in [3.8, 4) is 5.75 Å². The van der Waals surface area contributed by atoms with E-state index < -0.39 is 6.55 Å². The van der Waals surface area contributed by atoms with Crippen LogP contribution < -0.4 is 10.1 Å². The predicted octanol–water partition coefficient (Wildman–Crippen LogP) is 2.81. The molecule has 1 aromatic heterocycles. The van der Waals surface area contributed by atoms with Crippen LogP contribution in [0.5, 0.6) is 5.75 Å². The van der Waals surface area contributed by atoms with E-state index in [1.165, 1.54) is 0 Å². The lowest BCUT2D eigenvalue weighted by Gasteiger charge is -2.25. The average molecular weight is 349 g/mol. The Kier molecular flexibility index (Phi) is 5.01. The molecule has 1 N–H and O–H groups in total. The number of hydrogen-bond donors (Lipinski definition) is 1. The lowest BCUT2D eigenvalue weighted by Crippen LogP contribution is -2.35. The number of hydrogen-bond acceptors (Lipinski definition) is 3. The van der Waals surface area contributed by atoms with Gasteiger partial charge in [0.05, 0.1) is 18.7 Å². The molecule has 1 atom stereocenters. The van der Waals surface area contributed by atoms with Crippen LogP contribution >= 0.6 is 0 Å². The highest BCUT2D eigenvalue weighted by molar-refractivity contribution is 5.79. The quantitative estimate of drug-likeness (QED) is 0.903. The van der Waals surface area contributed by atoms with Gasteiger partial charge < -0.3 is 10.1 Å². The first kappa shape index (κ1) is 17.4. The molecule has 0 aliphatic carbocycles. The van der Waals surface area contributed by atoms with Gasteiger partial charge in [0, 0.05) is 23.7 Å². The van der Waals surface area contributed by atoms with E-state index in [1.807, 2.05) is 24.3 Å². The Morgan fingerprint density at radius 1 is 1.40 bits per heavy atom. The highest BCUT2D eigenvalue weighted by Crippen LogP contribution is 2.26. The van der Waals surface area contributed by atoms with Crippen molar-refractivity contribution < 1.29 is 18.3 Å². The topological polar surface area (TPSA) is 56.2 Å². The summed E-state index contributed by atoms with van der Waals surface area (Å²) in [6.45, 7) is 1.54. The number of carbonyl (C=O) groups is 1. The van der Waals surface area contributed by atoms with E-state index in [2.05, 4.69) is 10.4 Å². The first-order valence-corrected chi connectivity index (χ1v) is 8.26. The number of nitrogens with zero attached hydrogens (tertiary/aromatic N) is 2. The normalized spacial score (nSPS) is 16.4. The highest BCUT2D eigenvalue weighted by Gasteiger charge is 2.22. The van der Waals surface area contributed by atoms with Gasteiger partial charge in [-0.2, -0.15) is 13.9 Å². The largest absolute Gasteiger partial charge is 0.493 e. The first-order valence-electron chi connectivity index (χ1n) is 8.26. The monoisotopic (exact) mass is 349 g/mol. The average Bonchev–Trinajstić information content (AvgIpc) is 2.88. The molecule has 0 fully saturated rings. The smallest absolute Gasteiger partial charge is 0.333 e. The van der Waals surface area contributed by atoms with Crippen LogP contribution in [0.15, 0.2) is 24.3 Å². The Bertz CT molecular complexity index is 774. The van der Waals surface area contributed by atoms with Crippen LogP contribution in [0.25, 0.3) is 0 Å². The molecule has 1 aliphatic rings. The zero-order valence-corrected chi connectivity index (χ0v) is 14.3. The third-order valence-corrected chi connectivity index (χ3v) is 4.54. The SMILES string of the molecule is Cc1nn(C(F)F)c(C)c1CC(=O)NCC1COc2ccccc2C1. The molecule has 0 bridgehead atoms. The lowest BCUT2D eigenvalue weighted by atomic mass is 9.96. The molecule has 7 heteroatoms. The maximum atomic E-state index is 12.9. The molecule has 1 unspecified atom stereocenters. The van der Waals surface area contributed by atoms with E-state index >= 15 is 0 Å². The van der Waals surface area contributed by atoms with Crippen LogP contribution in [0.1, 0.15) is 29.1 Å². The molecule has 1 aliphatic heterocycles. The van der Waals surface area contributed by atoms with Crippen molar-refractivity contribution in [3.05, 3.63) is 46.8 Å². The Labute approximate surface area is 145 Å². The molecule has 0 radical (unpaired) electrons. The fourth-order valence-corrected chi connectivity index (χ4v) is 3.15. The van der Waals surface area contributed by atoms with Crippen molar-refractivity contribution in [3.63, 3.8) is 0 Å². The van der Waals surface area contributed by atoms with E-state index in [9.17, 15) is 13.6 Å². The molecule has 2 aromatic rings. The second-order valence-corrected chi connectivity index (χ2v) is 6.34. The number of benzene rings is 1. The molecule has 25 heavy (non-hydrogen) atoms. The van der Waals surface area contributed by atoms with Crippen molar-refractivity contribution >= 4 is 5.91 Å². The number of amides is 1. The van der Waals surface area contributed by atoms with Gasteiger partial charge in [-0.05, 0) is 31.9 Å². The van der Waals surface area contributed by atoms with Crippen molar-refractivity contribution in [2.24, 2.45) is 5.92 Å². The minimum Gasteiger partial charge on any atom is -0.493 e. The van der Waals surface area contributed by atoms with Gasteiger partial charge in [-0.1, -0.05) is 18.2 Å². The van der Waals surface area contributed by atoms with Gasteiger partial charge in [-0.25, -0.2) is 4.68 Å². The number of fused-ring (bicyclic) bond motifs is 1. The summed E-state index contributed by atoms with van der Waals surface area (Å²) >= 11 is 0. The van der Waals surface area contributed by atoms with Crippen molar-refractivity contribution in [1.82, 2.24) is 15.1 Å². The van der Waals surface area contributed by atoms with E-state index in [0.29, 0.717) is 34.8 Å². The second kappa shape index (κ2) is 7.21. The summed E-state index contributed by atoms with van der Waals surface area (Å²) in [4.78, 5) is 12.2. The van der Waals surface area contributed by atoms with E-state index in [0.717, 1.165) is 17.7 Å². The Balaban J connectivity index is 1.56. The maximum absolute atomic E-state index is 12.9. The molecule has 0 saturated heterocycles. The van der Waals surface area contributed by atoms with Crippen molar-refractivity contribution in [2.45, 2.75) is 33.2 Å². The number of ether oxygens (including phenoxy) is 1. The fraction of sp³-hybridized carbons (Fsp3) is 0.444. The van der Waals surface area contributed by atoms with Crippen LogP contribution in [-0.2, 0) is 17.6 Å². The summed E-state index contributed by atoms with van der Waals surface area (Å²) in [7, 11) is 0. The summed E-state index contributed by atoms with van der Waals surface area (Å²) < 4.78 is 32.1. The Hall–Kier alpha value is -2.44. The number of aryl methyl sites for hydroxylation is 1. The molecular formula is C18H21F2N3O2. The van der Waals surface area contributed by atoms with Crippen LogP contribution in [0, 0.1) is 19.8 Å². The van der Waals surface area contributed by atoms with Gasteiger partial charge in [0.15, 0.2) is 0 Å². The van der Waals surface area contributed by atoms with E-state index in [1.54, 1.807) is 13.8 Å². The molecule has 3 rings (SSSR count). The third kappa shape index (κ3) is 3.81.